The molecule has 1 aromatic rings. The van der Waals surface area contributed by atoms with Gasteiger partial charge in [0, 0.05) is 25.6 Å². The van der Waals surface area contributed by atoms with Crippen LogP contribution < -0.4 is 11.1 Å². The van der Waals surface area contributed by atoms with Crippen LogP contribution in [0.2, 0.25) is 0 Å². The molecular formula is C13H21N5O3. The van der Waals surface area contributed by atoms with Gasteiger partial charge in [-0.2, -0.15) is 0 Å². The van der Waals surface area contributed by atoms with Crippen LogP contribution in [0.15, 0.2) is 4.63 Å². The first-order chi connectivity index (χ1) is 10.1. The topological polar surface area (TPSA) is 114 Å². The SMILES string of the molecule is CCCCNC(=O)C1CCN(C(=O)c2nonc2N)CC1. The molecule has 2 amide bonds. The third-order valence-electron chi connectivity index (χ3n) is 3.70. The summed E-state index contributed by atoms with van der Waals surface area (Å²) in [6.07, 6.45) is 3.34. The lowest BCUT2D eigenvalue weighted by Crippen LogP contribution is -2.43. The summed E-state index contributed by atoms with van der Waals surface area (Å²) in [6.45, 7) is 3.82. The summed E-state index contributed by atoms with van der Waals surface area (Å²) in [7, 11) is 0. The molecule has 8 heteroatoms. The number of carbonyl (C=O) groups excluding carboxylic acids is 2. The Morgan fingerprint density at radius 3 is 2.67 bits per heavy atom. The Labute approximate surface area is 123 Å². The van der Waals surface area contributed by atoms with Crippen molar-refractivity contribution in [3.63, 3.8) is 0 Å². The number of likely N-dealkylation sites (tertiary alicyclic amines) is 1. The molecule has 0 aromatic carbocycles. The van der Waals surface area contributed by atoms with E-state index in [0.717, 1.165) is 19.4 Å². The van der Waals surface area contributed by atoms with Crippen molar-refractivity contribution >= 4 is 17.6 Å². The Kier molecular flexibility index (Phi) is 5.13. The summed E-state index contributed by atoms with van der Waals surface area (Å²) in [6, 6.07) is 0. The van der Waals surface area contributed by atoms with Crippen molar-refractivity contribution in [1.29, 1.82) is 0 Å². The highest BCUT2D eigenvalue weighted by Crippen LogP contribution is 2.20. The highest BCUT2D eigenvalue weighted by atomic mass is 16.6. The molecule has 0 saturated carbocycles. The predicted molar refractivity (Wildman–Crippen MR) is 75.3 cm³/mol. The number of rotatable bonds is 5. The minimum atomic E-state index is -0.293. The van der Waals surface area contributed by atoms with Crippen molar-refractivity contribution in [3.8, 4) is 0 Å². The molecule has 0 unspecified atom stereocenters. The molecule has 2 heterocycles. The van der Waals surface area contributed by atoms with Crippen LogP contribution in [0, 0.1) is 5.92 Å². The molecule has 1 saturated heterocycles. The van der Waals surface area contributed by atoms with E-state index in [2.05, 4.69) is 27.2 Å². The number of hydrogen-bond acceptors (Lipinski definition) is 6. The van der Waals surface area contributed by atoms with Crippen LogP contribution in [-0.2, 0) is 4.79 Å². The Bertz CT molecular complexity index is 494. The summed E-state index contributed by atoms with van der Waals surface area (Å²) in [5.41, 5.74) is 5.56. The van der Waals surface area contributed by atoms with E-state index in [1.807, 2.05) is 0 Å². The predicted octanol–water partition coefficient (Wildman–Crippen LogP) is 0.420. The molecule has 0 bridgehead atoms. The van der Waals surface area contributed by atoms with Crippen LogP contribution in [0.3, 0.4) is 0 Å². The number of amides is 2. The average Bonchev–Trinajstić information content (AvgIpc) is 2.93. The molecule has 116 valence electrons. The standard InChI is InChI=1S/C13H21N5O3/c1-2-3-6-15-12(19)9-4-7-18(8-5-9)13(20)10-11(14)17-21-16-10/h9H,2-8H2,1H3,(H2,14,17)(H,15,19). The van der Waals surface area contributed by atoms with Gasteiger partial charge < -0.3 is 16.0 Å². The first-order valence-electron chi connectivity index (χ1n) is 7.28. The van der Waals surface area contributed by atoms with E-state index in [-0.39, 0.29) is 29.2 Å². The van der Waals surface area contributed by atoms with E-state index < -0.39 is 0 Å². The maximum Gasteiger partial charge on any atom is 0.280 e. The monoisotopic (exact) mass is 295 g/mol. The number of nitrogens with one attached hydrogen (secondary N) is 1. The fourth-order valence-corrected chi connectivity index (χ4v) is 2.37. The fourth-order valence-electron chi connectivity index (χ4n) is 2.37. The van der Waals surface area contributed by atoms with Gasteiger partial charge in [-0.3, -0.25) is 9.59 Å². The Morgan fingerprint density at radius 2 is 2.10 bits per heavy atom. The van der Waals surface area contributed by atoms with Crippen molar-refractivity contribution in [1.82, 2.24) is 20.5 Å². The summed E-state index contributed by atoms with van der Waals surface area (Å²) in [5, 5.41) is 9.85. The maximum atomic E-state index is 12.2. The second-order valence-electron chi connectivity index (χ2n) is 5.21. The second kappa shape index (κ2) is 7.05. The summed E-state index contributed by atoms with van der Waals surface area (Å²) >= 11 is 0. The van der Waals surface area contributed by atoms with Crippen LogP contribution in [-0.4, -0.2) is 46.7 Å². The number of unbranched alkanes of at least 4 members (excludes halogenated alkanes) is 1. The van der Waals surface area contributed by atoms with Gasteiger partial charge in [-0.05, 0) is 29.6 Å². The van der Waals surface area contributed by atoms with Crippen LogP contribution in [0.1, 0.15) is 43.1 Å². The second-order valence-corrected chi connectivity index (χ2v) is 5.21. The van der Waals surface area contributed by atoms with E-state index in [0.29, 0.717) is 25.9 Å². The van der Waals surface area contributed by atoms with Crippen molar-refractivity contribution in [2.75, 3.05) is 25.4 Å². The van der Waals surface area contributed by atoms with Crippen molar-refractivity contribution in [2.24, 2.45) is 5.92 Å². The summed E-state index contributed by atoms with van der Waals surface area (Å²) in [4.78, 5) is 25.7. The molecule has 0 radical (unpaired) electrons. The van der Waals surface area contributed by atoms with E-state index in [1.54, 1.807) is 4.90 Å². The molecule has 1 fully saturated rings. The summed E-state index contributed by atoms with van der Waals surface area (Å²) < 4.78 is 4.43. The zero-order chi connectivity index (χ0) is 15.2. The minimum Gasteiger partial charge on any atom is -0.379 e. The third kappa shape index (κ3) is 3.71. The number of anilines is 1. The minimum absolute atomic E-state index is 0.000526. The lowest BCUT2D eigenvalue weighted by molar-refractivity contribution is -0.126. The summed E-state index contributed by atoms with van der Waals surface area (Å²) in [5.74, 6) is -0.241. The van der Waals surface area contributed by atoms with Gasteiger partial charge in [0.15, 0.2) is 0 Å². The molecule has 1 aliphatic heterocycles. The van der Waals surface area contributed by atoms with Gasteiger partial charge >= 0.3 is 0 Å². The molecule has 2 rings (SSSR count). The molecular weight excluding hydrogens is 274 g/mol. The van der Waals surface area contributed by atoms with Gasteiger partial charge in [0.25, 0.3) is 5.91 Å². The van der Waals surface area contributed by atoms with Gasteiger partial charge in [-0.1, -0.05) is 13.3 Å². The molecule has 0 atom stereocenters. The van der Waals surface area contributed by atoms with Crippen molar-refractivity contribution < 1.29 is 14.2 Å². The first kappa shape index (κ1) is 15.3. The molecule has 0 aliphatic carbocycles. The average molecular weight is 295 g/mol. The number of nitrogens with zero attached hydrogens (tertiary/aromatic N) is 3. The third-order valence-corrected chi connectivity index (χ3v) is 3.70. The van der Waals surface area contributed by atoms with E-state index in [1.165, 1.54) is 0 Å². The number of aromatic nitrogens is 2. The molecule has 3 N–H and O–H groups in total. The number of carbonyl (C=O) groups is 2. The Morgan fingerprint density at radius 1 is 1.38 bits per heavy atom. The van der Waals surface area contributed by atoms with Gasteiger partial charge in [0.2, 0.25) is 17.4 Å². The van der Waals surface area contributed by atoms with Crippen molar-refractivity contribution in [2.45, 2.75) is 32.6 Å². The van der Waals surface area contributed by atoms with E-state index in [9.17, 15) is 9.59 Å². The highest BCUT2D eigenvalue weighted by molar-refractivity contribution is 5.96. The fraction of sp³-hybridized carbons (Fsp3) is 0.692. The lowest BCUT2D eigenvalue weighted by Gasteiger charge is -2.30. The Balaban J connectivity index is 1.82. The smallest absolute Gasteiger partial charge is 0.280 e. The first-order valence-corrected chi connectivity index (χ1v) is 7.28. The van der Waals surface area contributed by atoms with E-state index >= 15 is 0 Å². The van der Waals surface area contributed by atoms with Crippen molar-refractivity contribution in [3.05, 3.63) is 5.69 Å². The van der Waals surface area contributed by atoms with Crippen LogP contribution in [0.4, 0.5) is 5.82 Å². The molecule has 1 aliphatic rings. The zero-order valence-electron chi connectivity index (χ0n) is 12.2. The number of hydrogen-bond donors (Lipinski definition) is 2. The number of nitrogen functional groups attached to an aromatic ring is 1. The molecule has 8 nitrogen and oxygen atoms in total. The maximum absolute atomic E-state index is 12.2. The molecule has 21 heavy (non-hydrogen) atoms. The molecule has 0 spiro atoms. The van der Waals surface area contributed by atoms with Gasteiger partial charge in [0.05, 0.1) is 0 Å². The van der Waals surface area contributed by atoms with Gasteiger partial charge in [-0.25, -0.2) is 4.63 Å². The lowest BCUT2D eigenvalue weighted by atomic mass is 9.95. The molecule has 1 aromatic heterocycles. The van der Waals surface area contributed by atoms with E-state index in [4.69, 9.17) is 5.73 Å². The quantitative estimate of drug-likeness (QED) is 0.761. The van der Waals surface area contributed by atoms with Gasteiger partial charge in [0.1, 0.15) is 0 Å². The van der Waals surface area contributed by atoms with Crippen LogP contribution in [0.5, 0.6) is 0 Å². The normalized spacial score (nSPS) is 16.0. The Hall–Kier alpha value is -2.12. The largest absolute Gasteiger partial charge is 0.379 e. The zero-order valence-corrected chi connectivity index (χ0v) is 12.2. The van der Waals surface area contributed by atoms with Crippen LogP contribution in [0.25, 0.3) is 0 Å². The van der Waals surface area contributed by atoms with Crippen LogP contribution >= 0.6 is 0 Å². The number of nitrogens with two attached hydrogens (primary N) is 1. The van der Waals surface area contributed by atoms with Gasteiger partial charge in [-0.15, -0.1) is 0 Å². The highest BCUT2D eigenvalue weighted by Gasteiger charge is 2.30. The number of piperidine rings is 1.